The first-order chi connectivity index (χ1) is 15.3. The van der Waals surface area contributed by atoms with Crippen molar-refractivity contribution in [2.45, 2.75) is 0 Å². The zero-order valence-corrected chi connectivity index (χ0v) is 19.1. The third-order valence-electron chi connectivity index (χ3n) is 4.34. The molecule has 0 aromatic heterocycles. The zero-order valence-electron chi connectivity index (χ0n) is 16.0. The van der Waals surface area contributed by atoms with Gasteiger partial charge in [0, 0.05) is 10.6 Å². The molecule has 1 aliphatic heterocycles. The Hall–Kier alpha value is -2.84. The molecular weight excluding hydrogens is 493 g/mol. The second kappa shape index (κ2) is 9.34. The highest BCUT2D eigenvalue weighted by atomic mass is 35.5. The quantitative estimate of drug-likeness (QED) is 0.288. The molecule has 10 heteroatoms. The van der Waals surface area contributed by atoms with Gasteiger partial charge in [-0.25, -0.2) is 4.90 Å². The molecule has 0 bridgehead atoms. The van der Waals surface area contributed by atoms with Gasteiger partial charge in [-0.3, -0.25) is 9.59 Å². The fourth-order valence-electron chi connectivity index (χ4n) is 2.83. The Balaban J connectivity index is 1.62. The number of benzene rings is 3. The molecule has 3 aromatic carbocycles. The second-order valence-corrected chi connectivity index (χ2v) is 8.78. The van der Waals surface area contributed by atoms with E-state index in [1.54, 1.807) is 36.4 Å². The van der Waals surface area contributed by atoms with Gasteiger partial charge in [-0.1, -0.05) is 40.9 Å². The van der Waals surface area contributed by atoms with Crippen LogP contribution in [-0.4, -0.2) is 16.3 Å². The van der Waals surface area contributed by atoms with Gasteiger partial charge in [-0.15, -0.1) is 0 Å². The predicted molar refractivity (Wildman–Crippen MR) is 129 cm³/mol. The molecule has 4 rings (SSSR count). The van der Waals surface area contributed by atoms with Gasteiger partial charge in [0.2, 0.25) is 0 Å². The van der Waals surface area contributed by atoms with E-state index in [2.05, 4.69) is 10.2 Å². The van der Waals surface area contributed by atoms with Gasteiger partial charge in [0.15, 0.2) is 0 Å². The van der Waals surface area contributed by atoms with Crippen LogP contribution in [0.4, 0.5) is 21.9 Å². The Morgan fingerprint density at radius 1 is 0.875 bits per heavy atom. The highest BCUT2D eigenvalue weighted by molar-refractivity contribution is 8.19. The van der Waals surface area contributed by atoms with Gasteiger partial charge in [0.1, 0.15) is 5.75 Å². The number of carbonyl (C=O) groups is 2. The first-order valence-corrected chi connectivity index (χ1v) is 11.0. The summed E-state index contributed by atoms with van der Waals surface area (Å²) >= 11 is 18.6. The van der Waals surface area contributed by atoms with Crippen molar-refractivity contribution in [3.8, 4) is 5.75 Å². The Morgan fingerprint density at radius 3 is 2.34 bits per heavy atom. The van der Waals surface area contributed by atoms with Crippen molar-refractivity contribution in [2.24, 2.45) is 10.2 Å². The molecular formula is C22H12Cl3N3O3S. The van der Waals surface area contributed by atoms with E-state index in [1.807, 2.05) is 0 Å². The van der Waals surface area contributed by atoms with E-state index in [1.165, 1.54) is 30.3 Å². The summed E-state index contributed by atoms with van der Waals surface area (Å²) in [5.41, 5.74) is 1.62. The average Bonchev–Trinajstić information content (AvgIpc) is 3.03. The van der Waals surface area contributed by atoms with Crippen LogP contribution in [0.5, 0.6) is 5.75 Å². The monoisotopic (exact) mass is 503 g/mol. The number of imide groups is 1. The molecule has 3 aromatic rings. The molecule has 1 heterocycles. The Morgan fingerprint density at radius 2 is 1.62 bits per heavy atom. The summed E-state index contributed by atoms with van der Waals surface area (Å²) in [7, 11) is 0. The van der Waals surface area contributed by atoms with Crippen LogP contribution in [-0.2, 0) is 4.79 Å². The fourth-order valence-corrected chi connectivity index (χ4v) is 4.14. The number of nitrogens with zero attached hydrogens (tertiary/aromatic N) is 3. The minimum atomic E-state index is -0.538. The van der Waals surface area contributed by atoms with E-state index in [0.29, 0.717) is 32.7 Å². The van der Waals surface area contributed by atoms with E-state index in [0.717, 1.165) is 16.7 Å². The normalized spacial score (nSPS) is 15.3. The molecule has 1 fully saturated rings. The van der Waals surface area contributed by atoms with Crippen LogP contribution in [0.25, 0.3) is 6.08 Å². The van der Waals surface area contributed by atoms with Crippen LogP contribution in [0.1, 0.15) is 5.56 Å². The summed E-state index contributed by atoms with van der Waals surface area (Å²) in [5.74, 6) is -0.614. The maximum atomic E-state index is 12.9. The van der Waals surface area contributed by atoms with Crippen molar-refractivity contribution in [3.63, 3.8) is 0 Å². The summed E-state index contributed by atoms with van der Waals surface area (Å²) < 4.78 is 0. The summed E-state index contributed by atoms with van der Waals surface area (Å²) in [4.78, 5) is 26.5. The molecule has 1 saturated heterocycles. The standard InChI is InChI=1S/C22H12Cl3N3O3S/c23-13-2-1-3-14(10-13)26-27-15-4-7-19(29)12(8-15)9-20-21(30)28(22(31)32-20)16-5-6-17(24)18(25)11-16/h1-11,29H/b20-9-,27-26?. The molecule has 0 atom stereocenters. The highest BCUT2D eigenvalue weighted by Gasteiger charge is 2.36. The number of amides is 2. The number of phenols is 1. The lowest BCUT2D eigenvalue weighted by atomic mass is 10.1. The number of halogens is 3. The van der Waals surface area contributed by atoms with Gasteiger partial charge in [0.25, 0.3) is 11.1 Å². The maximum Gasteiger partial charge on any atom is 0.298 e. The topological polar surface area (TPSA) is 82.3 Å². The van der Waals surface area contributed by atoms with Crippen molar-refractivity contribution in [2.75, 3.05) is 4.90 Å². The third-order valence-corrected chi connectivity index (χ3v) is 6.19. The van der Waals surface area contributed by atoms with E-state index in [-0.39, 0.29) is 15.7 Å². The minimum absolute atomic E-state index is 0.0759. The largest absolute Gasteiger partial charge is 0.507 e. The number of hydrogen-bond acceptors (Lipinski definition) is 6. The van der Waals surface area contributed by atoms with Crippen LogP contribution in [0.15, 0.2) is 75.8 Å². The highest BCUT2D eigenvalue weighted by Crippen LogP contribution is 2.39. The summed E-state index contributed by atoms with van der Waals surface area (Å²) in [6.45, 7) is 0. The Labute approximate surface area is 202 Å². The second-order valence-electron chi connectivity index (χ2n) is 6.54. The van der Waals surface area contributed by atoms with Crippen molar-refractivity contribution < 1.29 is 14.7 Å². The lowest BCUT2D eigenvalue weighted by Crippen LogP contribution is -2.27. The lowest BCUT2D eigenvalue weighted by Gasteiger charge is -2.13. The van der Waals surface area contributed by atoms with Crippen molar-refractivity contribution >= 4 is 80.8 Å². The minimum Gasteiger partial charge on any atom is -0.507 e. The zero-order chi connectivity index (χ0) is 22.8. The van der Waals surface area contributed by atoms with Crippen LogP contribution < -0.4 is 4.90 Å². The summed E-state index contributed by atoms with van der Waals surface area (Å²) in [6.07, 6.45) is 1.43. The van der Waals surface area contributed by atoms with Crippen LogP contribution in [0, 0.1) is 0 Å². The first-order valence-electron chi connectivity index (χ1n) is 9.05. The molecule has 0 aliphatic carbocycles. The molecule has 0 unspecified atom stereocenters. The van der Waals surface area contributed by atoms with Gasteiger partial charge in [-0.2, -0.15) is 10.2 Å². The molecule has 32 heavy (non-hydrogen) atoms. The molecule has 0 spiro atoms. The SMILES string of the molecule is O=C1S/C(=C\c2cc(N=Nc3cccc(Cl)c3)ccc2O)C(=O)N1c1ccc(Cl)c(Cl)c1. The van der Waals surface area contributed by atoms with Crippen molar-refractivity contribution in [1.82, 2.24) is 0 Å². The molecule has 1 N–H and O–H groups in total. The van der Waals surface area contributed by atoms with Crippen LogP contribution >= 0.6 is 46.6 Å². The molecule has 2 amide bonds. The molecule has 0 saturated carbocycles. The number of carbonyl (C=O) groups excluding carboxylic acids is 2. The smallest absolute Gasteiger partial charge is 0.298 e. The lowest BCUT2D eigenvalue weighted by molar-refractivity contribution is -0.113. The van der Waals surface area contributed by atoms with Gasteiger partial charge in [-0.05, 0) is 72.4 Å². The number of aromatic hydroxyl groups is 1. The fraction of sp³-hybridized carbons (Fsp3) is 0. The van der Waals surface area contributed by atoms with Crippen LogP contribution in [0.2, 0.25) is 15.1 Å². The van der Waals surface area contributed by atoms with E-state index < -0.39 is 11.1 Å². The molecule has 1 aliphatic rings. The number of rotatable bonds is 4. The molecule has 6 nitrogen and oxygen atoms in total. The number of anilines is 1. The van der Waals surface area contributed by atoms with Crippen molar-refractivity contribution in [1.29, 1.82) is 0 Å². The molecule has 0 radical (unpaired) electrons. The maximum absolute atomic E-state index is 12.9. The number of azo groups is 1. The Kier molecular flexibility index (Phi) is 6.53. The van der Waals surface area contributed by atoms with Gasteiger partial charge >= 0.3 is 0 Å². The van der Waals surface area contributed by atoms with Gasteiger partial charge < -0.3 is 5.11 Å². The first kappa shape index (κ1) is 22.4. The van der Waals surface area contributed by atoms with Crippen LogP contribution in [0.3, 0.4) is 0 Å². The summed E-state index contributed by atoms with van der Waals surface area (Å²) in [6, 6.07) is 15.9. The van der Waals surface area contributed by atoms with Crippen molar-refractivity contribution in [3.05, 3.63) is 86.2 Å². The average molecular weight is 505 g/mol. The number of thioether (sulfide) groups is 1. The van der Waals surface area contributed by atoms with Gasteiger partial charge in [0.05, 0.1) is 32.0 Å². The van der Waals surface area contributed by atoms with E-state index in [9.17, 15) is 14.7 Å². The predicted octanol–water partition coefficient (Wildman–Crippen LogP) is 8.01. The Bertz CT molecular complexity index is 1310. The number of phenolic OH excluding ortho intramolecular Hbond substituents is 1. The third kappa shape index (κ3) is 4.81. The molecule has 160 valence electrons. The number of hydrogen-bond donors (Lipinski definition) is 1. The van der Waals surface area contributed by atoms with E-state index in [4.69, 9.17) is 34.8 Å². The van der Waals surface area contributed by atoms with E-state index >= 15 is 0 Å². The summed E-state index contributed by atoms with van der Waals surface area (Å²) in [5, 5.41) is 19.1.